The molecule has 3 rings (SSSR count). The highest BCUT2D eigenvalue weighted by molar-refractivity contribution is 7.89. The molecule has 0 spiro atoms. The van der Waals surface area contributed by atoms with Crippen LogP contribution in [0.1, 0.15) is 37.7 Å². The van der Waals surface area contributed by atoms with Crippen LogP contribution in [0.3, 0.4) is 0 Å². The summed E-state index contributed by atoms with van der Waals surface area (Å²) >= 11 is 0. The summed E-state index contributed by atoms with van der Waals surface area (Å²) in [6, 6.07) is 5.68. The van der Waals surface area contributed by atoms with E-state index in [4.69, 9.17) is 0 Å². The molecule has 1 N–H and O–H groups in total. The van der Waals surface area contributed by atoms with Gasteiger partial charge in [-0.15, -0.1) is 0 Å². The maximum atomic E-state index is 13.2. The van der Waals surface area contributed by atoms with Crippen molar-refractivity contribution in [3.8, 4) is 0 Å². The average Bonchev–Trinajstić information content (AvgIpc) is 2.95. The van der Waals surface area contributed by atoms with Gasteiger partial charge in [0.05, 0.1) is 4.90 Å². The smallest absolute Gasteiger partial charge is 0.322 e. The van der Waals surface area contributed by atoms with Crippen LogP contribution in [0.5, 0.6) is 0 Å². The topological polar surface area (TPSA) is 77.9 Å². The molecular formula is C18H26N2O4S. The molecule has 138 valence electrons. The molecule has 2 aliphatic rings. The van der Waals surface area contributed by atoms with Crippen LogP contribution in [0.4, 0.5) is 0 Å². The standard InChI is InChI=1S/C18H26N2O4S/c1-19(2)12-13-7-9-15(10-8-13)25(23,24)20-16-6-4-3-5-14(16)11-17(20)18(21)22/h7-10,14,16-17H,3-6,11-12H2,1-2H3,(H,21,22). The van der Waals surface area contributed by atoms with E-state index in [1.807, 2.05) is 19.0 Å². The number of hydrogen-bond donors (Lipinski definition) is 1. The lowest BCUT2D eigenvalue weighted by Crippen LogP contribution is -2.46. The largest absolute Gasteiger partial charge is 0.480 e. The second kappa shape index (κ2) is 7.05. The van der Waals surface area contributed by atoms with Crippen LogP contribution in [-0.4, -0.2) is 54.9 Å². The van der Waals surface area contributed by atoms with Gasteiger partial charge in [0.15, 0.2) is 0 Å². The Morgan fingerprint density at radius 3 is 2.44 bits per heavy atom. The van der Waals surface area contributed by atoms with E-state index in [0.29, 0.717) is 6.42 Å². The molecule has 0 aromatic heterocycles. The van der Waals surface area contributed by atoms with E-state index in [2.05, 4.69) is 0 Å². The fourth-order valence-corrected chi connectivity index (χ4v) is 6.10. The van der Waals surface area contributed by atoms with Gasteiger partial charge in [-0.1, -0.05) is 25.0 Å². The van der Waals surface area contributed by atoms with Crippen molar-refractivity contribution >= 4 is 16.0 Å². The number of carboxylic acid groups (broad SMARTS) is 1. The third-order valence-electron chi connectivity index (χ3n) is 5.31. The third kappa shape index (κ3) is 3.59. The summed E-state index contributed by atoms with van der Waals surface area (Å²) in [5.74, 6) is -0.875. The first-order valence-electron chi connectivity index (χ1n) is 8.80. The van der Waals surface area contributed by atoms with Crippen molar-refractivity contribution in [3.05, 3.63) is 29.8 Å². The zero-order valence-electron chi connectivity index (χ0n) is 14.8. The minimum atomic E-state index is -3.81. The van der Waals surface area contributed by atoms with Gasteiger partial charge in [-0.05, 0) is 57.0 Å². The lowest BCUT2D eigenvalue weighted by molar-refractivity contribution is -0.141. The fraction of sp³-hybridized carbons (Fsp3) is 0.611. The summed E-state index contributed by atoms with van der Waals surface area (Å²) in [7, 11) is 0.0982. The van der Waals surface area contributed by atoms with Crippen LogP contribution in [-0.2, 0) is 21.4 Å². The van der Waals surface area contributed by atoms with Gasteiger partial charge in [-0.25, -0.2) is 8.42 Å². The lowest BCUT2D eigenvalue weighted by atomic mass is 9.85. The first kappa shape index (κ1) is 18.4. The number of fused-ring (bicyclic) bond motifs is 1. The molecule has 1 heterocycles. The number of hydrogen-bond acceptors (Lipinski definition) is 4. The summed E-state index contributed by atoms with van der Waals surface area (Å²) in [4.78, 5) is 13.9. The number of carbonyl (C=O) groups is 1. The Kier molecular flexibility index (Phi) is 5.18. The highest BCUT2D eigenvalue weighted by Crippen LogP contribution is 2.42. The molecule has 3 unspecified atom stereocenters. The molecule has 6 nitrogen and oxygen atoms in total. The zero-order chi connectivity index (χ0) is 18.2. The Morgan fingerprint density at radius 2 is 1.84 bits per heavy atom. The first-order chi connectivity index (χ1) is 11.8. The van der Waals surface area contributed by atoms with Crippen LogP contribution >= 0.6 is 0 Å². The number of nitrogens with zero attached hydrogens (tertiary/aromatic N) is 2. The Morgan fingerprint density at radius 1 is 1.20 bits per heavy atom. The highest BCUT2D eigenvalue weighted by Gasteiger charge is 2.51. The van der Waals surface area contributed by atoms with Gasteiger partial charge in [0.2, 0.25) is 10.0 Å². The molecule has 25 heavy (non-hydrogen) atoms. The second-order valence-electron chi connectivity index (χ2n) is 7.42. The molecule has 1 aliphatic heterocycles. The predicted octanol–water partition coefficient (Wildman–Crippen LogP) is 2.15. The van der Waals surface area contributed by atoms with Crippen LogP contribution < -0.4 is 0 Å². The molecule has 1 aromatic carbocycles. The number of rotatable bonds is 5. The minimum absolute atomic E-state index is 0.164. The van der Waals surface area contributed by atoms with Crippen molar-refractivity contribution in [2.45, 2.75) is 55.6 Å². The van der Waals surface area contributed by atoms with Gasteiger partial charge in [0.1, 0.15) is 6.04 Å². The van der Waals surface area contributed by atoms with E-state index in [9.17, 15) is 18.3 Å². The highest BCUT2D eigenvalue weighted by atomic mass is 32.2. The predicted molar refractivity (Wildman–Crippen MR) is 94.6 cm³/mol. The summed E-state index contributed by atoms with van der Waals surface area (Å²) in [6.07, 6.45) is 4.12. The monoisotopic (exact) mass is 366 g/mol. The molecule has 2 fully saturated rings. The maximum Gasteiger partial charge on any atom is 0.322 e. The first-order valence-corrected chi connectivity index (χ1v) is 10.2. The molecular weight excluding hydrogens is 340 g/mol. The molecule has 3 atom stereocenters. The molecule has 1 aliphatic carbocycles. The summed E-state index contributed by atoms with van der Waals surface area (Å²) in [5.41, 5.74) is 1.02. The molecule has 1 aromatic rings. The Labute approximate surface area is 149 Å². The summed E-state index contributed by atoms with van der Waals surface area (Å²) in [5, 5.41) is 9.57. The van der Waals surface area contributed by atoms with Crippen LogP contribution in [0.25, 0.3) is 0 Å². The van der Waals surface area contributed by atoms with Gasteiger partial charge in [0, 0.05) is 12.6 Å². The van der Waals surface area contributed by atoms with Crippen molar-refractivity contribution in [1.82, 2.24) is 9.21 Å². The van der Waals surface area contributed by atoms with Crippen LogP contribution in [0.2, 0.25) is 0 Å². The molecule has 0 amide bonds. The SMILES string of the molecule is CN(C)Cc1ccc(S(=O)(=O)N2C(C(=O)O)CC3CCCCC32)cc1. The van der Waals surface area contributed by atoms with Crippen LogP contribution in [0.15, 0.2) is 29.2 Å². The van der Waals surface area contributed by atoms with E-state index >= 15 is 0 Å². The van der Waals surface area contributed by atoms with E-state index in [0.717, 1.165) is 37.8 Å². The van der Waals surface area contributed by atoms with Crippen molar-refractivity contribution in [2.24, 2.45) is 5.92 Å². The summed E-state index contributed by atoms with van der Waals surface area (Å²) < 4.78 is 27.7. The fourth-order valence-electron chi connectivity index (χ4n) is 4.23. The molecule has 7 heteroatoms. The van der Waals surface area contributed by atoms with Crippen molar-refractivity contribution in [3.63, 3.8) is 0 Å². The van der Waals surface area contributed by atoms with E-state index < -0.39 is 22.0 Å². The lowest BCUT2D eigenvalue weighted by Gasteiger charge is -2.32. The quantitative estimate of drug-likeness (QED) is 0.864. The number of benzene rings is 1. The van der Waals surface area contributed by atoms with Gasteiger partial charge >= 0.3 is 5.97 Å². The van der Waals surface area contributed by atoms with E-state index in [-0.39, 0.29) is 16.9 Å². The van der Waals surface area contributed by atoms with Gasteiger partial charge in [0.25, 0.3) is 0 Å². The van der Waals surface area contributed by atoms with Gasteiger partial charge < -0.3 is 10.0 Å². The zero-order valence-corrected chi connectivity index (χ0v) is 15.6. The van der Waals surface area contributed by atoms with Crippen LogP contribution in [0, 0.1) is 5.92 Å². The van der Waals surface area contributed by atoms with Gasteiger partial charge in [-0.3, -0.25) is 4.79 Å². The maximum absolute atomic E-state index is 13.2. The second-order valence-corrected chi connectivity index (χ2v) is 9.26. The Bertz CT molecular complexity index is 730. The van der Waals surface area contributed by atoms with E-state index in [1.54, 1.807) is 24.3 Å². The van der Waals surface area contributed by atoms with Crippen molar-refractivity contribution in [1.29, 1.82) is 0 Å². The molecule has 1 saturated heterocycles. The molecule has 1 saturated carbocycles. The van der Waals surface area contributed by atoms with Crippen molar-refractivity contribution < 1.29 is 18.3 Å². The molecule has 0 bridgehead atoms. The minimum Gasteiger partial charge on any atom is -0.480 e. The Hall–Kier alpha value is -1.44. The summed E-state index contributed by atoms with van der Waals surface area (Å²) in [6.45, 7) is 0.729. The Balaban J connectivity index is 1.92. The third-order valence-corrected chi connectivity index (χ3v) is 7.26. The van der Waals surface area contributed by atoms with Gasteiger partial charge in [-0.2, -0.15) is 4.31 Å². The van der Waals surface area contributed by atoms with E-state index in [1.165, 1.54) is 4.31 Å². The normalized spacial score (nSPS) is 27.4. The van der Waals surface area contributed by atoms with Crippen molar-refractivity contribution in [2.75, 3.05) is 14.1 Å². The average molecular weight is 366 g/mol. The number of carboxylic acids is 1. The number of sulfonamides is 1. The molecule has 0 radical (unpaired) electrons. The number of aliphatic carboxylic acids is 1.